The smallest absolute Gasteiger partial charge is 0.113 e. The molecule has 1 saturated carbocycles. The topological polar surface area (TPSA) is 24.9 Å². The van der Waals surface area contributed by atoms with Crippen LogP contribution in [0, 0.1) is 18.8 Å². The quantitative estimate of drug-likeness (QED) is 0.859. The first-order valence-corrected chi connectivity index (χ1v) is 8.65. The van der Waals surface area contributed by atoms with E-state index in [1.54, 1.807) is 0 Å². The Morgan fingerprint density at radius 1 is 1.47 bits per heavy atom. The minimum Gasteiger partial charge on any atom is -0.305 e. The van der Waals surface area contributed by atoms with E-state index in [-0.39, 0.29) is 5.54 Å². The van der Waals surface area contributed by atoms with E-state index >= 15 is 0 Å². The van der Waals surface area contributed by atoms with Crippen molar-refractivity contribution in [2.75, 3.05) is 6.54 Å². The van der Waals surface area contributed by atoms with Crippen molar-refractivity contribution in [2.45, 2.75) is 65.3 Å². The van der Waals surface area contributed by atoms with Gasteiger partial charge in [0.05, 0.1) is 5.54 Å². The zero-order valence-electron chi connectivity index (χ0n) is 12.8. The number of thiazole rings is 1. The van der Waals surface area contributed by atoms with E-state index in [2.05, 4.69) is 38.4 Å². The summed E-state index contributed by atoms with van der Waals surface area (Å²) < 4.78 is 0. The van der Waals surface area contributed by atoms with Crippen molar-refractivity contribution >= 4 is 11.3 Å². The maximum Gasteiger partial charge on any atom is 0.113 e. The summed E-state index contributed by atoms with van der Waals surface area (Å²) in [6, 6.07) is 0. The van der Waals surface area contributed by atoms with Crippen LogP contribution in [0.15, 0.2) is 5.38 Å². The molecule has 1 heterocycles. The van der Waals surface area contributed by atoms with Gasteiger partial charge in [-0.25, -0.2) is 4.98 Å². The van der Waals surface area contributed by atoms with E-state index in [4.69, 9.17) is 4.98 Å². The van der Waals surface area contributed by atoms with E-state index in [0.29, 0.717) is 5.92 Å². The Morgan fingerprint density at radius 2 is 2.26 bits per heavy atom. The van der Waals surface area contributed by atoms with Gasteiger partial charge in [0.25, 0.3) is 0 Å². The van der Waals surface area contributed by atoms with Gasteiger partial charge in [-0.1, -0.05) is 33.6 Å². The molecule has 0 bridgehead atoms. The van der Waals surface area contributed by atoms with Gasteiger partial charge in [-0.05, 0) is 44.6 Å². The molecule has 0 radical (unpaired) electrons. The maximum absolute atomic E-state index is 4.85. The second-order valence-electron chi connectivity index (χ2n) is 6.29. The SMILES string of the molecule is CCCNC1(c2nc(C)cs2)CCCCC1C(C)C. The molecule has 1 aromatic rings. The fraction of sp³-hybridized carbons (Fsp3) is 0.812. The molecule has 108 valence electrons. The van der Waals surface area contributed by atoms with Crippen LogP contribution in [0.3, 0.4) is 0 Å². The average molecular weight is 280 g/mol. The van der Waals surface area contributed by atoms with Crippen molar-refractivity contribution in [2.24, 2.45) is 11.8 Å². The summed E-state index contributed by atoms with van der Waals surface area (Å²) in [7, 11) is 0. The summed E-state index contributed by atoms with van der Waals surface area (Å²) >= 11 is 1.85. The first-order valence-electron chi connectivity index (χ1n) is 7.77. The van der Waals surface area contributed by atoms with Crippen molar-refractivity contribution in [3.05, 3.63) is 16.1 Å². The highest BCUT2D eigenvalue weighted by Gasteiger charge is 2.44. The lowest BCUT2D eigenvalue weighted by molar-refractivity contribution is 0.0999. The molecule has 2 nitrogen and oxygen atoms in total. The lowest BCUT2D eigenvalue weighted by Gasteiger charge is -2.46. The van der Waals surface area contributed by atoms with Gasteiger partial charge >= 0.3 is 0 Å². The van der Waals surface area contributed by atoms with Crippen LogP contribution in [0.25, 0.3) is 0 Å². The van der Waals surface area contributed by atoms with Gasteiger partial charge in [0.1, 0.15) is 5.01 Å². The number of aryl methyl sites for hydroxylation is 1. The van der Waals surface area contributed by atoms with Crippen molar-refractivity contribution in [1.82, 2.24) is 10.3 Å². The second-order valence-corrected chi connectivity index (χ2v) is 7.15. The Balaban J connectivity index is 2.36. The van der Waals surface area contributed by atoms with E-state index in [0.717, 1.165) is 12.5 Å². The van der Waals surface area contributed by atoms with Gasteiger partial charge in [0.2, 0.25) is 0 Å². The molecule has 0 spiro atoms. The molecule has 0 aliphatic heterocycles. The summed E-state index contributed by atoms with van der Waals surface area (Å²) in [6.07, 6.45) is 6.49. The number of nitrogens with zero attached hydrogens (tertiary/aromatic N) is 1. The fourth-order valence-corrected chi connectivity index (χ4v) is 4.64. The third-order valence-electron chi connectivity index (χ3n) is 4.47. The number of rotatable bonds is 5. The summed E-state index contributed by atoms with van der Waals surface area (Å²) in [4.78, 5) is 4.85. The number of aromatic nitrogens is 1. The standard InChI is InChI=1S/C16H28N2S/c1-5-10-17-16(15-18-13(4)11-19-15)9-7-6-8-14(16)12(2)3/h11-12,14,17H,5-10H2,1-4H3. The maximum atomic E-state index is 4.85. The van der Waals surface area contributed by atoms with E-state index in [1.165, 1.54) is 42.8 Å². The average Bonchev–Trinajstić information content (AvgIpc) is 2.83. The molecule has 1 aliphatic rings. The van der Waals surface area contributed by atoms with Crippen LogP contribution >= 0.6 is 11.3 Å². The summed E-state index contributed by atoms with van der Waals surface area (Å²) in [5, 5.41) is 7.43. The van der Waals surface area contributed by atoms with Crippen molar-refractivity contribution < 1.29 is 0 Å². The van der Waals surface area contributed by atoms with E-state index in [9.17, 15) is 0 Å². The molecular formula is C16H28N2S. The van der Waals surface area contributed by atoms with Gasteiger partial charge < -0.3 is 5.32 Å². The van der Waals surface area contributed by atoms with Crippen LogP contribution < -0.4 is 5.32 Å². The lowest BCUT2D eigenvalue weighted by atomic mass is 9.68. The van der Waals surface area contributed by atoms with Crippen LogP contribution in [-0.4, -0.2) is 11.5 Å². The zero-order valence-corrected chi connectivity index (χ0v) is 13.6. The highest BCUT2D eigenvalue weighted by molar-refractivity contribution is 7.09. The van der Waals surface area contributed by atoms with Crippen molar-refractivity contribution in [3.63, 3.8) is 0 Å². The van der Waals surface area contributed by atoms with Gasteiger partial charge in [-0.3, -0.25) is 0 Å². The molecule has 1 aliphatic carbocycles. The molecular weight excluding hydrogens is 252 g/mol. The predicted molar refractivity (Wildman–Crippen MR) is 83.6 cm³/mol. The Morgan fingerprint density at radius 3 is 2.84 bits per heavy atom. The minimum atomic E-state index is 0.140. The number of nitrogens with one attached hydrogen (secondary N) is 1. The van der Waals surface area contributed by atoms with Crippen LogP contribution in [0.1, 0.15) is 63.6 Å². The highest BCUT2D eigenvalue weighted by atomic mass is 32.1. The van der Waals surface area contributed by atoms with E-state index < -0.39 is 0 Å². The zero-order chi connectivity index (χ0) is 13.9. The summed E-state index contributed by atoms with van der Waals surface area (Å²) in [6.45, 7) is 10.2. The molecule has 2 unspecified atom stereocenters. The van der Waals surface area contributed by atoms with Gasteiger partial charge in [-0.2, -0.15) is 0 Å². The summed E-state index contributed by atoms with van der Waals surface area (Å²) in [5.41, 5.74) is 1.31. The van der Waals surface area contributed by atoms with Gasteiger partial charge in [-0.15, -0.1) is 11.3 Å². The molecule has 0 amide bonds. The first kappa shape index (κ1) is 15.0. The predicted octanol–water partition coefficient (Wildman–Crippen LogP) is 4.49. The monoisotopic (exact) mass is 280 g/mol. The molecule has 19 heavy (non-hydrogen) atoms. The molecule has 2 rings (SSSR count). The van der Waals surface area contributed by atoms with Gasteiger partial charge in [0, 0.05) is 11.1 Å². The van der Waals surface area contributed by atoms with Gasteiger partial charge in [0.15, 0.2) is 0 Å². The Kier molecular flexibility index (Phi) is 5.02. The Bertz CT molecular complexity index is 399. The fourth-order valence-electron chi connectivity index (χ4n) is 3.57. The number of hydrogen-bond acceptors (Lipinski definition) is 3. The molecule has 1 aromatic heterocycles. The lowest BCUT2D eigenvalue weighted by Crippen LogP contribution is -2.52. The largest absolute Gasteiger partial charge is 0.305 e. The second kappa shape index (κ2) is 6.36. The molecule has 0 saturated heterocycles. The van der Waals surface area contributed by atoms with Crippen molar-refractivity contribution in [1.29, 1.82) is 0 Å². The molecule has 1 fully saturated rings. The van der Waals surface area contributed by atoms with Crippen LogP contribution in [0.2, 0.25) is 0 Å². The van der Waals surface area contributed by atoms with Crippen molar-refractivity contribution in [3.8, 4) is 0 Å². The van der Waals surface area contributed by atoms with Crippen LogP contribution in [0.5, 0.6) is 0 Å². The minimum absolute atomic E-state index is 0.140. The molecule has 2 atom stereocenters. The molecule has 3 heteroatoms. The van der Waals surface area contributed by atoms with Crippen LogP contribution in [0.4, 0.5) is 0 Å². The third kappa shape index (κ3) is 3.03. The molecule has 0 aromatic carbocycles. The number of hydrogen-bond donors (Lipinski definition) is 1. The van der Waals surface area contributed by atoms with E-state index in [1.807, 2.05) is 11.3 Å². The Hall–Kier alpha value is -0.410. The van der Waals surface area contributed by atoms with Crippen LogP contribution in [-0.2, 0) is 5.54 Å². The molecule has 1 N–H and O–H groups in total. The summed E-state index contributed by atoms with van der Waals surface area (Å²) in [5.74, 6) is 1.44. The highest BCUT2D eigenvalue weighted by Crippen LogP contribution is 2.46. The third-order valence-corrected chi connectivity index (χ3v) is 5.60. The Labute approximate surface area is 122 Å². The normalized spacial score (nSPS) is 27.9. The first-order chi connectivity index (χ1) is 9.10.